The van der Waals surface area contributed by atoms with Gasteiger partial charge in [0.2, 0.25) is 11.9 Å². The number of fused-ring (bicyclic) bond motifs is 18. The van der Waals surface area contributed by atoms with Gasteiger partial charge in [0.1, 0.15) is 0 Å². The van der Waals surface area contributed by atoms with Gasteiger partial charge in [-0.2, -0.15) is 19.9 Å². The molecular formula is C126H76N12. The van der Waals surface area contributed by atoms with Gasteiger partial charge >= 0.3 is 0 Å². The molecule has 11 heterocycles. The number of hydrogen-bond acceptors (Lipinski definition) is 6. The number of para-hydroxylation sites is 6. The normalized spacial score (nSPS) is 12.1. The Hall–Kier alpha value is -18.8. The molecule has 31 aromatic rings. The van der Waals surface area contributed by atoms with Crippen molar-refractivity contribution in [1.82, 2.24) is 56.8 Å². The van der Waals surface area contributed by atoms with Crippen molar-refractivity contribution in [3.05, 3.63) is 461 Å². The summed E-state index contributed by atoms with van der Waals surface area (Å²) in [5.41, 5.74) is 29.9. The molecule has 0 aliphatic carbocycles. The van der Waals surface area contributed by atoms with Gasteiger partial charge in [0.15, 0.2) is 23.3 Å². The molecule has 0 fully saturated rings. The number of nitrogens with zero attached hydrogens (tertiary/aromatic N) is 12. The summed E-state index contributed by atoms with van der Waals surface area (Å²) in [6, 6.07) is 164. The van der Waals surface area contributed by atoms with Crippen molar-refractivity contribution in [2.24, 2.45) is 0 Å². The Morgan fingerprint density at radius 2 is 0.355 bits per heavy atom. The monoisotopic (exact) mass is 1760 g/mol. The molecule has 0 saturated heterocycles. The van der Waals surface area contributed by atoms with Crippen molar-refractivity contribution in [1.29, 1.82) is 0 Å². The summed E-state index contributed by atoms with van der Waals surface area (Å²) in [5.74, 6) is 3.75. The van der Waals surface area contributed by atoms with Gasteiger partial charge in [-0.05, 0) is 141 Å². The summed E-state index contributed by atoms with van der Waals surface area (Å²) in [6.07, 6.45) is 0. The third-order valence-corrected chi connectivity index (χ3v) is 28.5. The van der Waals surface area contributed by atoms with Crippen molar-refractivity contribution >= 4 is 180 Å². The Labute approximate surface area is 788 Å². The minimum Gasteiger partial charge on any atom is -0.309 e. The molecule has 31 rings (SSSR count). The highest BCUT2D eigenvalue weighted by Crippen LogP contribution is 2.51. The molecular weight excluding hydrogens is 1680 g/mol. The van der Waals surface area contributed by atoms with Crippen molar-refractivity contribution in [2.45, 2.75) is 0 Å². The fourth-order valence-corrected chi connectivity index (χ4v) is 22.6. The minimum atomic E-state index is 0.592. The zero-order valence-electron chi connectivity index (χ0n) is 74.2. The number of rotatable bonds is 10. The summed E-state index contributed by atoms with van der Waals surface area (Å²) in [7, 11) is 0. The Bertz CT molecular complexity index is 10300. The van der Waals surface area contributed by atoms with Gasteiger partial charge in [0.25, 0.3) is 0 Å². The lowest BCUT2D eigenvalue weighted by Crippen LogP contribution is -2.06. The van der Waals surface area contributed by atoms with E-state index in [2.05, 4.69) is 427 Å². The summed E-state index contributed by atoms with van der Waals surface area (Å²) in [4.78, 5) is 30.8. The highest BCUT2D eigenvalue weighted by molar-refractivity contribution is 6.37. The van der Waals surface area contributed by atoms with Crippen molar-refractivity contribution in [2.75, 3.05) is 0 Å². The fourth-order valence-electron chi connectivity index (χ4n) is 22.6. The van der Waals surface area contributed by atoms with E-state index in [0.29, 0.717) is 35.2 Å². The molecule has 138 heavy (non-hydrogen) atoms. The first-order chi connectivity index (χ1) is 68.5. The van der Waals surface area contributed by atoms with Crippen molar-refractivity contribution in [3.8, 4) is 96.5 Å². The molecule has 0 spiro atoms. The molecule has 0 aliphatic heterocycles. The summed E-state index contributed by atoms with van der Waals surface area (Å²) < 4.78 is 14.3. The molecule has 0 unspecified atom stereocenters. The van der Waals surface area contributed by atoms with Crippen LogP contribution in [0.5, 0.6) is 0 Å². The maximum absolute atomic E-state index is 5.25. The lowest BCUT2D eigenvalue weighted by molar-refractivity contribution is 0.953. The Morgan fingerprint density at radius 3 is 0.710 bits per heavy atom. The van der Waals surface area contributed by atoms with Crippen LogP contribution in [-0.2, 0) is 0 Å². The average Bonchev–Trinajstić information content (AvgIpc) is 1.53. The van der Waals surface area contributed by atoms with Gasteiger partial charge < -0.3 is 17.8 Å². The second-order valence-electron chi connectivity index (χ2n) is 35.9. The van der Waals surface area contributed by atoms with E-state index in [1.54, 1.807) is 0 Å². The van der Waals surface area contributed by atoms with Crippen molar-refractivity contribution in [3.63, 3.8) is 0 Å². The molecule has 12 heteroatoms. The van der Waals surface area contributed by atoms with E-state index in [0.717, 1.165) is 49.9 Å². The van der Waals surface area contributed by atoms with E-state index in [1.807, 2.05) is 60.7 Å². The Kier molecular flexibility index (Phi) is 16.9. The lowest BCUT2D eigenvalue weighted by Gasteiger charge is -2.12. The van der Waals surface area contributed by atoms with E-state index in [4.69, 9.17) is 29.9 Å². The standard InChI is InChI=1S/C45H27N5.C42H26N2.C39H23N5/c1-3-12-28(13-4-1)29-22-24-31(25-23-29)44-46-43(30-14-5-2-6-15-30)47-45(48-44)50-38-21-11-18-34-32-16-7-9-19-36(32)49-37-20-10-8-17-33(37)35-26-27-39(50)41(40(34)38)42(35)49;1-2-11-27(12-3-1)28-13-8-14-29(25-28)30-15-9-16-31(26-30)43-38-22-10-19-34-32-17-4-6-20-36(32)44-37-21-7-5-18-33(37)35-23-24-39(43)41(40(34)38)42(35)44;1-3-12-24(13-4-1)37-40-38(25-14-5-2-6-15-25)42-39(41-37)44-32-21-11-18-28-26-16-7-9-19-30(26)43-31-20-10-8-17-27(31)29-22-23-33(44)35(34(28)32)36(29)43/h1-27H;1-26H;1-23H. The van der Waals surface area contributed by atoms with Crippen LogP contribution < -0.4 is 0 Å². The first-order valence-electron chi connectivity index (χ1n) is 46.9. The van der Waals surface area contributed by atoms with Gasteiger partial charge in [0, 0.05) is 109 Å². The van der Waals surface area contributed by atoms with Crippen LogP contribution in [-0.4, -0.2) is 56.8 Å². The number of hydrogen-bond donors (Lipinski definition) is 0. The molecule has 0 amide bonds. The van der Waals surface area contributed by atoms with Gasteiger partial charge in [0.05, 0.1) is 82.8 Å². The van der Waals surface area contributed by atoms with Crippen LogP contribution in [0.15, 0.2) is 461 Å². The molecule has 0 saturated carbocycles. The highest BCUT2D eigenvalue weighted by Gasteiger charge is 2.30. The van der Waals surface area contributed by atoms with E-state index in [-0.39, 0.29) is 0 Å². The van der Waals surface area contributed by atoms with Crippen LogP contribution in [0.1, 0.15) is 0 Å². The number of benzene rings is 20. The zero-order chi connectivity index (χ0) is 90.3. The molecule has 12 nitrogen and oxygen atoms in total. The van der Waals surface area contributed by atoms with E-state index < -0.39 is 0 Å². The fraction of sp³-hybridized carbons (Fsp3) is 0. The molecule has 11 aromatic heterocycles. The second-order valence-corrected chi connectivity index (χ2v) is 35.9. The predicted molar refractivity (Wildman–Crippen MR) is 571 cm³/mol. The van der Waals surface area contributed by atoms with Crippen molar-refractivity contribution < 1.29 is 0 Å². The summed E-state index contributed by atoms with van der Waals surface area (Å²) in [6.45, 7) is 0. The highest BCUT2D eigenvalue weighted by atomic mass is 15.2. The first kappa shape index (κ1) is 76.9. The van der Waals surface area contributed by atoms with Gasteiger partial charge in [-0.25, -0.2) is 9.97 Å². The molecule has 0 atom stereocenters. The minimum absolute atomic E-state index is 0.592. The van der Waals surface area contributed by atoms with Crippen LogP contribution in [0.25, 0.3) is 276 Å². The molecule has 0 aliphatic rings. The predicted octanol–water partition coefficient (Wildman–Crippen LogP) is 31.8. The van der Waals surface area contributed by atoms with E-state index in [9.17, 15) is 0 Å². The van der Waals surface area contributed by atoms with Gasteiger partial charge in [-0.3, -0.25) is 9.13 Å². The molecule has 0 radical (unpaired) electrons. The largest absolute Gasteiger partial charge is 0.309 e. The number of aromatic nitrogens is 12. The lowest BCUT2D eigenvalue weighted by atomic mass is 9.99. The average molecular weight is 1760 g/mol. The van der Waals surface area contributed by atoms with Crippen LogP contribution in [0.3, 0.4) is 0 Å². The third kappa shape index (κ3) is 11.6. The second kappa shape index (κ2) is 30.4. The van der Waals surface area contributed by atoms with Gasteiger partial charge in [-0.1, -0.05) is 370 Å². The molecule has 20 aromatic carbocycles. The quantitative estimate of drug-likeness (QED) is 0.135. The smallest absolute Gasteiger partial charge is 0.238 e. The van der Waals surface area contributed by atoms with Crippen LogP contribution in [0.4, 0.5) is 0 Å². The first-order valence-corrected chi connectivity index (χ1v) is 46.9. The summed E-state index contributed by atoms with van der Waals surface area (Å²) in [5, 5.41) is 22.4. The molecule has 0 N–H and O–H groups in total. The van der Waals surface area contributed by atoms with E-state index in [1.165, 1.54) is 191 Å². The maximum atomic E-state index is 5.25. The van der Waals surface area contributed by atoms with Gasteiger partial charge in [-0.15, -0.1) is 0 Å². The third-order valence-electron chi connectivity index (χ3n) is 28.5. The Morgan fingerprint density at radius 1 is 0.130 bits per heavy atom. The van der Waals surface area contributed by atoms with Crippen LogP contribution in [0.2, 0.25) is 0 Å². The topological polar surface area (TPSA) is 105 Å². The summed E-state index contributed by atoms with van der Waals surface area (Å²) >= 11 is 0. The molecule has 640 valence electrons. The maximum Gasteiger partial charge on any atom is 0.238 e. The molecule has 0 bridgehead atoms. The SMILES string of the molecule is c1ccc(-c2ccc(-c3nc(-c4ccccc4)nc(-n4c5cccc6c7ccccc7n7c8ccccc8c8ccc4c(c65)c87)n3)cc2)cc1.c1ccc(-c2cccc(-c3cccc(-n4c5cccc6c7ccccc7n7c8ccccc8c8ccc4c(c65)c87)c3)c2)cc1.c1ccc(-c2nc(-c3ccccc3)nc(-n3c4cccc5c6ccccc6n6c7ccccc7c7ccc3c(c54)c76)n2)cc1. The van der Waals surface area contributed by atoms with Crippen LogP contribution in [0, 0.1) is 0 Å². The van der Waals surface area contributed by atoms with Crippen LogP contribution >= 0.6 is 0 Å². The Balaban J connectivity index is 0.000000100. The van der Waals surface area contributed by atoms with E-state index >= 15 is 0 Å². The zero-order valence-corrected chi connectivity index (χ0v) is 74.2.